The Morgan fingerprint density at radius 2 is 2.27 bits per heavy atom. The molecule has 1 aliphatic rings. The molecule has 0 aromatic carbocycles. The molecular weight excluding hydrogens is 212 g/mol. The zero-order chi connectivity index (χ0) is 10.4. The SMILES string of the molecule is Cc1nc(Cl)c2c(ncn2CC2CC2)n1. The smallest absolute Gasteiger partial charge is 0.182 e. The lowest BCUT2D eigenvalue weighted by molar-refractivity contribution is 0.642. The Hall–Kier alpha value is -1.16. The van der Waals surface area contributed by atoms with Crippen molar-refractivity contribution in [2.45, 2.75) is 26.3 Å². The first-order chi connectivity index (χ1) is 7.24. The molecule has 2 aromatic rings. The van der Waals surface area contributed by atoms with E-state index in [1.807, 2.05) is 13.3 Å². The number of aromatic nitrogens is 4. The van der Waals surface area contributed by atoms with Gasteiger partial charge in [0.2, 0.25) is 0 Å². The molecule has 3 rings (SSSR count). The highest BCUT2D eigenvalue weighted by Gasteiger charge is 2.23. The number of hydrogen-bond donors (Lipinski definition) is 0. The molecule has 2 heterocycles. The van der Waals surface area contributed by atoms with Gasteiger partial charge in [0, 0.05) is 6.54 Å². The summed E-state index contributed by atoms with van der Waals surface area (Å²) in [5.74, 6) is 1.46. The third-order valence-corrected chi connectivity index (χ3v) is 2.96. The standard InChI is InChI=1S/C10H11ClN4/c1-6-13-9(11)8-10(14-6)12-5-15(8)4-7-2-3-7/h5,7H,2-4H2,1H3. The summed E-state index contributed by atoms with van der Waals surface area (Å²) in [5, 5.41) is 0.510. The van der Waals surface area contributed by atoms with Gasteiger partial charge in [-0.15, -0.1) is 0 Å². The van der Waals surface area contributed by atoms with Gasteiger partial charge < -0.3 is 4.57 Å². The maximum Gasteiger partial charge on any atom is 0.182 e. The van der Waals surface area contributed by atoms with Gasteiger partial charge in [-0.05, 0) is 25.7 Å². The zero-order valence-corrected chi connectivity index (χ0v) is 9.20. The minimum Gasteiger partial charge on any atom is -0.326 e. The van der Waals surface area contributed by atoms with Crippen LogP contribution in [0.5, 0.6) is 0 Å². The number of halogens is 1. The highest BCUT2D eigenvalue weighted by molar-refractivity contribution is 6.33. The van der Waals surface area contributed by atoms with Crippen molar-refractivity contribution in [2.75, 3.05) is 0 Å². The molecule has 2 aromatic heterocycles. The monoisotopic (exact) mass is 222 g/mol. The molecule has 0 spiro atoms. The minimum absolute atomic E-state index is 0.510. The Balaban J connectivity index is 2.14. The molecule has 78 valence electrons. The van der Waals surface area contributed by atoms with Gasteiger partial charge in [0.25, 0.3) is 0 Å². The van der Waals surface area contributed by atoms with Crippen LogP contribution in [0.2, 0.25) is 5.15 Å². The summed E-state index contributed by atoms with van der Waals surface area (Å²) in [7, 11) is 0. The van der Waals surface area contributed by atoms with Crippen LogP contribution in [0, 0.1) is 12.8 Å². The number of aryl methyl sites for hydroxylation is 1. The molecule has 4 nitrogen and oxygen atoms in total. The molecule has 5 heteroatoms. The number of hydrogen-bond acceptors (Lipinski definition) is 3. The lowest BCUT2D eigenvalue weighted by Gasteiger charge is -2.03. The first kappa shape index (κ1) is 9.09. The average molecular weight is 223 g/mol. The summed E-state index contributed by atoms with van der Waals surface area (Å²) in [6.07, 6.45) is 4.43. The summed E-state index contributed by atoms with van der Waals surface area (Å²) >= 11 is 6.10. The number of fused-ring (bicyclic) bond motifs is 1. The molecule has 0 N–H and O–H groups in total. The van der Waals surface area contributed by atoms with E-state index in [0.29, 0.717) is 16.6 Å². The van der Waals surface area contributed by atoms with Gasteiger partial charge in [0.05, 0.1) is 6.33 Å². The van der Waals surface area contributed by atoms with Crippen molar-refractivity contribution in [1.82, 2.24) is 19.5 Å². The molecule has 0 aliphatic heterocycles. The van der Waals surface area contributed by atoms with Crippen molar-refractivity contribution in [1.29, 1.82) is 0 Å². The van der Waals surface area contributed by atoms with E-state index < -0.39 is 0 Å². The first-order valence-corrected chi connectivity index (χ1v) is 5.47. The molecule has 0 saturated heterocycles. The van der Waals surface area contributed by atoms with Crippen molar-refractivity contribution in [2.24, 2.45) is 5.92 Å². The van der Waals surface area contributed by atoms with Crippen LogP contribution in [0.1, 0.15) is 18.7 Å². The zero-order valence-electron chi connectivity index (χ0n) is 8.44. The van der Waals surface area contributed by atoms with Crippen molar-refractivity contribution in [3.05, 3.63) is 17.3 Å². The van der Waals surface area contributed by atoms with Crippen LogP contribution in [-0.4, -0.2) is 19.5 Å². The van der Waals surface area contributed by atoms with Crippen LogP contribution in [0.4, 0.5) is 0 Å². The molecular formula is C10H11ClN4. The quantitative estimate of drug-likeness (QED) is 0.732. The molecule has 0 atom stereocenters. The van der Waals surface area contributed by atoms with E-state index in [1.165, 1.54) is 12.8 Å². The van der Waals surface area contributed by atoms with Crippen molar-refractivity contribution in [3.63, 3.8) is 0 Å². The van der Waals surface area contributed by atoms with E-state index in [2.05, 4.69) is 19.5 Å². The van der Waals surface area contributed by atoms with Crippen molar-refractivity contribution >= 4 is 22.8 Å². The fourth-order valence-electron chi connectivity index (χ4n) is 1.75. The Labute approximate surface area is 92.3 Å². The molecule has 0 unspecified atom stereocenters. The van der Waals surface area contributed by atoms with Crippen LogP contribution in [0.15, 0.2) is 6.33 Å². The lowest BCUT2D eigenvalue weighted by atomic mass is 10.4. The second-order valence-corrected chi connectivity index (χ2v) is 4.43. The van der Waals surface area contributed by atoms with Gasteiger partial charge in [-0.3, -0.25) is 0 Å². The first-order valence-electron chi connectivity index (χ1n) is 5.09. The maximum absolute atomic E-state index is 6.10. The van der Waals surface area contributed by atoms with E-state index in [9.17, 15) is 0 Å². The summed E-state index contributed by atoms with van der Waals surface area (Å²) in [4.78, 5) is 12.7. The Morgan fingerprint density at radius 1 is 1.47 bits per heavy atom. The molecule has 0 radical (unpaired) electrons. The number of imidazole rings is 1. The van der Waals surface area contributed by atoms with E-state index in [4.69, 9.17) is 11.6 Å². The van der Waals surface area contributed by atoms with E-state index in [0.717, 1.165) is 18.0 Å². The van der Waals surface area contributed by atoms with Crippen LogP contribution in [0.3, 0.4) is 0 Å². The third-order valence-electron chi connectivity index (χ3n) is 2.69. The molecule has 1 fully saturated rings. The van der Waals surface area contributed by atoms with Gasteiger partial charge in [-0.1, -0.05) is 11.6 Å². The molecule has 1 saturated carbocycles. The van der Waals surface area contributed by atoms with Crippen LogP contribution in [0.25, 0.3) is 11.2 Å². The Kier molecular flexibility index (Phi) is 1.92. The van der Waals surface area contributed by atoms with Crippen molar-refractivity contribution < 1.29 is 0 Å². The van der Waals surface area contributed by atoms with Crippen LogP contribution in [-0.2, 0) is 6.54 Å². The average Bonchev–Trinajstić information content (AvgIpc) is 2.87. The van der Waals surface area contributed by atoms with Crippen LogP contribution < -0.4 is 0 Å². The van der Waals surface area contributed by atoms with E-state index in [-0.39, 0.29) is 0 Å². The van der Waals surface area contributed by atoms with Gasteiger partial charge >= 0.3 is 0 Å². The predicted octanol–water partition coefficient (Wildman–Crippen LogP) is 2.20. The molecule has 1 aliphatic carbocycles. The van der Waals surface area contributed by atoms with Gasteiger partial charge in [-0.2, -0.15) is 0 Å². The van der Waals surface area contributed by atoms with Gasteiger partial charge in [0.15, 0.2) is 10.8 Å². The lowest BCUT2D eigenvalue weighted by Crippen LogP contribution is -1.99. The summed E-state index contributed by atoms with van der Waals surface area (Å²) in [5.41, 5.74) is 1.57. The highest BCUT2D eigenvalue weighted by atomic mass is 35.5. The topological polar surface area (TPSA) is 43.6 Å². The molecule has 0 amide bonds. The normalized spacial score (nSPS) is 16.1. The third kappa shape index (κ3) is 1.59. The summed E-state index contributed by atoms with van der Waals surface area (Å²) in [6, 6.07) is 0. The Bertz CT molecular complexity index is 515. The van der Waals surface area contributed by atoms with Crippen LogP contribution >= 0.6 is 11.6 Å². The highest BCUT2D eigenvalue weighted by Crippen LogP contribution is 2.32. The summed E-state index contributed by atoms with van der Waals surface area (Å²) < 4.78 is 2.06. The fraction of sp³-hybridized carbons (Fsp3) is 0.500. The largest absolute Gasteiger partial charge is 0.326 e. The number of nitrogens with zero attached hydrogens (tertiary/aromatic N) is 4. The second kappa shape index (κ2) is 3.17. The molecule has 0 bridgehead atoms. The van der Waals surface area contributed by atoms with E-state index >= 15 is 0 Å². The maximum atomic E-state index is 6.10. The number of rotatable bonds is 2. The van der Waals surface area contributed by atoms with Gasteiger partial charge in [0.1, 0.15) is 11.3 Å². The van der Waals surface area contributed by atoms with Gasteiger partial charge in [-0.25, -0.2) is 15.0 Å². The molecule has 15 heavy (non-hydrogen) atoms. The summed E-state index contributed by atoms with van der Waals surface area (Å²) in [6.45, 7) is 2.81. The predicted molar refractivity (Wildman–Crippen MR) is 57.8 cm³/mol. The Morgan fingerprint density at radius 3 is 3.00 bits per heavy atom. The van der Waals surface area contributed by atoms with Crippen molar-refractivity contribution in [3.8, 4) is 0 Å². The fourth-order valence-corrected chi connectivity index (χ4v) is 2.07. The minimum atomic E-state index is 0.510. The van der Waals surface area contributed by atoms with E-state index in [1.54, 1.807) is 0 Å². The second-order valence-electron chi connectivity index (χ2n) is 4.07.